The van der Waals surface area contributed by atoms with Gasteiger partial charge in [0.2, 0.25) is 0 Å². The van der Waals surface area contributed by atoms with Crippen molar-refractivity contribution in [2.24, 2.45) is 0 Å². The minimum atomic E-state index is -0.494. The summed E-state index contributed by atoms with van der Waals surface area (Å²) < 4.78 is 4.89. The van der Waals surface area contributed by atoms with Crippen molar-refractivity contribution in [2.75, 3.05) is 0 Å². The molecule has 0 aromatic rings. The first-order chi connectivity index (χ1) is 4.81. The number of hydrogen-bond donors (Lipinski definition) is 0. The van der Waals surface area contributed by atoms with Crippen molar-refractivity contribution >= 4 is 11.8 Å². The van der Waals surface area contributed by atoms with E-state index in [0.29, 0.717) is 0 Å². The summed E-state index contributed by atoms with van der Waals surface area (Å²) in [6, 6.07) is 0. The summed E-state index contributed by atoms with van der Waals surface area (Å²) in [6.07, 6.45) is -0.128. The second kappa shape index (κ2) is 5.33. The third-order valence-corrected chi connectivity index (χ3v) is 0.813. The Morgan fingerprint density at radius 1 is 1.25 bits per heavy atom. The van der Waals surface area contributed by atoms with Gasteiger partial charge in [-0.15, -0.1) is 0 Å². The zero-order chi connectivity index (χ0) is 9.07. The van der Waals surface area contributed by atoms with Crippen LogP contribution in [0.4, 0.5) is 0 Å². The Hall–Kier alpha value is -0.341. The third kappa shape index (κ3) is 9.66. The topological polar surface area (TPSA) is 43.4 Å². The minimum absolute atomic E-state index is 0. The summed E-state index contributed by atoms with van der Waals surface area (Å²) in [6.45, 7) is 6.67. The van der Waals surface area contributed by atoms with E-state index in [-0.39, 0.29) is 29.3 Å². The van der Waals surface area contributed by atoms with Crippen molar-refractivity contribution in [3.8, 4) is 0 Å². The molecule has 0 amide bonds. The SMILES string of the molecule is CC(=O)CC(=O)OC(C)(C)C.[Cu]. The van der Waals surface area contributed by atoms with Crippen LogP contribution in [0.3, 0.4) is 0 Å². The fourth-order valence-electron chi connectivity index (χ4n) is 0.581. The Bertz CT molecular complexity index is 170. The van der Waals surface area contributed by atoms with Gasteiger partial charge in [0.15, 0.2) is 0 Å². The molecule has 0 spiro atoms. The van der Waals surface area contributed by atoms with E-state index in [9.17, 15) is 9.59 Å². The fourth-order valence-corrected chi connectivity index (χ4v) is 0.581. The molecule has 0 aliphatic heterocycles. The van der Waals surface area contributed by atoms with E-state index >= 15 is 0 Å². The second-order valence-electron chi connectivity index (χ2n) is 3.47. The maximum absolute atomic E-state index is 10.8. The number of hydrogen-bond acceptors (Lipinski definition) is 3. The fraction of sp³-hybridized carbons (Fsp3) is 0.750. The molecule has 0 saturated carbocycles. The molecule has 0 aromatic carbocycles. The van der Waals surface area contributed by atoms with Crippen molar-refractivity contribution < 1.29 is 31.4 Å². The van der Waals surface area contributed by atoms with E-state index in [1.807, 2.05) is 0 Å². The molecule has 0 atom stereocenters. The molecule has 0 fully saturated rings. The monoisotopic (exact) mass is 221 g/mol. The maximum Gasteiger partial charge on any atom is 0.313 e. The van der Waals surface area contributed by atoms with E-state index in [1.54, 1.807) is 20.8 Å². The molecule has 3 nitrogen and oxygen atoms in total. The maximum atomic E-state index is 10.8. The van der Waals surface area contributed by atoms with Crippen molar-refractivity contribution in [2.45, 2.75) is 39.7 Å². The predicted octanol–water partition coefficient (Wildman–Crippen LogP) is 1.30. The number of esters is 1. The number of ketones is 1. The molecule has 0 unspecified atom stereocenters. The molecule has 0 rings (SSSR count). The molecule has 12 heavy (non-hydrogen) atoms. The summed E-state index contributed by atoms with van der Waals surface area (Å²) in [7, 11) is 0. The van der Waals surface area contributed by atoms with Gasteiger partial charge in [0.1, 0.15) is 17.8 Å². The quantitative estimate of drug-likeness (QED) is 0.401. The first-order valence-electron chi connectivity index (χ1n) is 3.52. The van der Waals surface area contributed by atoms with Gasteiger partial charge in [0, 0.05) is 17.1 Å². The second-order valence-corrected chi connectivity index (χ2v) is 3.47. The Morgan fingerprint density at radius 2 is 1.67 bits per heavy atom. The van der Waals surface area contributed by atoms with Crippen LogP contribution in [0.2, 0.25) is 0 Å². The van der Waals surface area contributed by atoms with Gasteiger partial charge in [-0.1, -0.05) is 0 Å². The van der Waals surface area contributed by atoms with E-state index < -0.39 is 11.6 Å². The summed E-state index contributed by atoms with van der Waals surface area (Å²) in [5.74, 6) is -0.621. The van der Waals surface area contributed by atoms with Gasteiger partial charge in [-0.05, 0) is 27.7 Å². The molecule has 4 heteroatoms. The van der Waals surface area contributed by atoms with Crippen molar-refractivity contribution in [1.82, 2.24) is 0 Å². The van der Waals surface area contributed by atoms with Crippen molar-refractivity contribution in [3.63, 3.8) is 0 Å². The minimum Gasteiger partial charge on any atom is -0.460 e. The molecule has 0 bridgehead atoms. The van der Waals surface area contributed by atoms with E-state index in [2.05, 4.69) is 0 Å². The van der Waals surface area contributed by atoms with E-state index in [1.165, 1.54) is 6.92 Å². The first kappa shape index (κ1) is 14.2. The molecular weight excluding hydrogens is 208 g/mol. The van der Waals surface area contributed by atoms with Gasteiger partial charge >= 0.3 is 5.97 Å². The van der Waals surface area contributed by atoms with Gasteiger partial charge in [0.05, 0.1) is 0 Å². The Kier molecular flexibility index (Phi) is 6.31. The van der Waals surface area contributed by atoms with Crippen molar-refractivity contribution in [1.29, 1.82) is 0 Å². The van der Waals surface area contributed by atoms with E-state index in [4.69, 9.17) is 4.74 Å². The zero-order valence-corrected chi connectivity index (χ0v) is 8.68. The predicted molar refractivity (Wildman–Crippen MR) is 41.1 cm³/mol. The smallest absolute Gasteiger partial charge is 0.313 e. The molecule has 0 saturated heterocycles. The summed E-state index contributed by atoms with van der Waals surface area (Å²) >= 11 is 0. The molecule has 75 valence electrons. The van der Waals surface area contributed by atoms with Crippen LogP contribution in [0.25, 0.3) is 0 Å². The van der Waals surface area contributed by atoms with Crippen LogP contribution in [0.15, 0.2) is 0 Å². The van der Waals surface area contributed by atoms with Gasteiger partial charge in [0.25, 0.3) is 0 Å². The number of carbonyl (C=O) groups is 2. The van der Waals surface area contributed by atoms with Gasteiger partial charge in [-0.25, -0.2) is 0 Å². The third-order valence-electron chi connectivity index (χ3n) is 0.813. The number of ether oxygens (including phenoxy) is 1. The van der Waals surface area contributed by atoms with Crippen LogP contribution in [0.5, 0.6) is 0 Å². The van der Waals surface area contributed by atoms with Crippen LogP contribution < -0.4 is 0 Å². The molecule has 1 radical (unpaired) electrons. The molecule has 0 aliphatic rings. The number of rotatable bonds is 2. The molecule has 0 N–H and O–H groups in total. The first-order valence-corrected chi connectivity index (χ1v) is 3.52. The van der Waals surface area contributed by atoms with Crippen LogP contribution in [-0.2, 0) is 31.4 Å². The number of Topliss-reactive ketones (excluding diaryl/α,β-unsaturated/α-hetero) is 1. The Labute approximate surface area is 83.3 Å². The average molecular weight is 222 g/mol. The van der Waals surface area contributed by atoms with Gasteiger partial charge in [-0.2, -0.15) is 0 Å². The number of carbonyl (C=O) groups excluding carboxylic acids is 2. The standard InChI is InChI=1S/C8H14O3.Cu/c1-6(9)5-7(10)11-8(2,3)4;/h5H2,1-4H3;. The van der Waals surface area contributed by atoms with Gasteiger partial charge < -0.3 is 4.74 Å². The van der Waals surface area contributed by atoms with Crippen LogP contribution in [0.1, 0.15) is 34.1 Å². The molecule has 0 aliphatic carbocycles. The molecule has 0 aromatic heterocycles. The summed E-state index contributed by atoms with van der Waals surface area (Å²) in [4.78, 5) is 21.3. The largest absolute Gasteiger partial charge is 0.460 e. The average Bonchev–Trinajstić information content (AvgIpc) is 1.53. The summed E-state index contributed by atoms with van der Waals surface area (Å²) in [5, 5.41) is 0. The van der Waals surface area contributed by atoms with Gasteiger partial charge in [-0.3, -0.25) is 9.59 Å². The van der Waals surface area contributed by atoms with Crippen LogP contribution in [-0.4, -0.2) is 17.4 Å². The summed E-state index contributed by atoms with van der Waals surface area (Å²) in [5.41, 5.74) is -0.494. The molecular formula is C8H14CuO3. The normalized spacial score (nSPS) is 10.0. The zero-order valence-electron chi connectivity index (χ0n) is 7.73. The Morgan fingerprint density at radius 3 is 1.92 bits per heavy atom. The molecule has 0 heterocycles. The van der Waals surface area contributed by atoms with Crippen molar-refractivity contribution in [3.05, 3.63) is 0 Å². The van der Waals surface area contributed by atoms with Crippen LogP contribution in [0, 0.1) is 0 Å². The van der Waals surface area contributed by atoms with E-state index in [0.717, 1.165) is 0 Å². The van der Waals surface area contributed by atoms with Crippen LogP contribution >= 0.6 is 0 Å². The Balaban J connectivity index is 0.